The molecule has 8 heteroatoms. The molecule has 5 rings (SSSR count). The third kappa shape index (κ3) is 3.55. The Bertz CT molecular complexity index is 1290. The van der Waals surface area contributed by atoms with Crippen molar-refractivity contribution in [2.75, 3.05) is 11.5 Å². The van der Waals surface area contributed by atoms with Crippen molar-refractivity contribution in [1.29, 1.82) is 0 Å². The molecule has 0 unspecified atom stereocenters. The summed E-state index contributed by atoms with van der Waals surface area (Å²) < 4.78 is 13.0. The third-order valence-electron chi connectivity index (χ3n) is 4.51. The van der Waals surface area contributed by atoms with Gasteiger partial charge in [0.15, 0.2) is 10.1 Å². The van der Waals surface area contributed by atoms with E-state index in [4.69, 9.17) is 14.1 Å². The lowest BCUT2D eigenvalue weighted by Crippen LogP contribution is -2.30. The van der Waals surface area contributed by atoms with Crippen LogP contribution in [0.5, 0.6) is 5.75 Å². The third-order valence-corrected chi connectivity index (χ3v) is 6.57. The van der Waals surface area contributed by atoms with Gasteiger partial charge in [-0.05, 0) is 49.4 Å². The number of para-hydroxylation sites is 1. The standard InChI is InChI=1S/C22H17N3O3S2/c1-2-27-14-9-10-17-19(12-14)30-22(24-17)25(13-15-6-5-11-28-15)21(26)20-23-16-7-3-4-8-18(16)29-20/h3-12H,2,13H2,1H3. The zero-order valence-corrected chi connectivity index (χ0v) is 17.7. The SMILES string of the molecule is CCOc1ccc2nc(N(Cc3ccco3)C(=O)c3nc4ccccc4s3)sc2c1. The van der Waals surface area contributed by atoms with Gasteiger partial charge in [0.25, 0.3) is 5.91 Å². The number of rotatable bonds is 6. The Balaban J connectivity index is 1.56. The summed E-state index contributed by atoms with van der Waals surface area (Å²) in [5.41, 5.74) is 1.63. The van der Waals surface area contributed by atoms with Crippen molar-refractivity contribution in [3.8, 4) is 5.75 Å². The number of benzene rings is 2. The molecule has 0 aliphatic carbocycles. The number of aromatic nitrogens is 2. The van der Waals surface area contributed by atoms with Gasteiger partial charge in [-0.2, -0.15) is 0 Å². The summed E-state index contributed by atoms with van der Waals surface area (Å²) in [6.07, 6.45) is 1.60. The molecular formula is C22H17N3O3S2. The minimum atomic E-state index is -0.198. The van der Waals surface area contributed by atoms with E-state index >= 15 is 0 Å². The number of amides is 1. The molecule has 1 amide bonds. The van der Waals surface area contributed by atoms with Crippen LogP contribution in [0.15, 0.2) is 65.3 Å². The smallest absolute Gasteiger partial charge is 0.289 e. The molecule has 0 spiro atoms. The van der Waals surface area contributed by atoms with Crippen LogP contribution in [-0.4, -0.2) is 22.5 Å². The molecule has 0 aliphatic heterocycles. The lowest BCUT2D eigenvalue weighted by molar-refractivity contribution is 0.0983. The number of ether oxygens (including phenoxy) is 1. The Hall–Kier alpha value is -3.23. The summed E-state index contributed by atoms with van der Waals surface area (Å²) in [6, 6.07) is 17.1. The minimum absolute atomic E-state index is 0.198. The van der Waals surface area contributed by atoms with E-state index in [0.717, 1.165) is 26.2 Å². The molecule has 3 heterocycles. The molecule has 3 aromatic heterocycles. The van der Waals surface area contributed by atoms with E-state index in [0.29, 0.717) is 22.5 Å². The van der Waals surface area contributed by atoms with E-state index in [2.05, 4.69) is 4.98 Å². The number of fused-ring (bicyclic) bond motifs is 2. The molecule has 0 radical (unpaired) electrons. The predicted molar refractivity (Wildman–Crippen MR) is 120 cm³/mol. The van der Waals surface area contributed by atoms with Crippen LogP contribution in [0.25, 0.3) is 20.4 Å². The van der Waals surface area contributed by atoms with Gasteiger partial charge in [0.1, 0.15) is 11.5 Å². The molecule has 0 N–H and O–H groups in total. The van der Waals surface area contributed by atoms with Gasteiger partial charge in [-0.1, -0.05) is 23.5 Å². The zero-order chi connectivity index (χ0) is 20.5. The molecule has 5 aromatic rings. The Morgan fingerprint density at radius 1 is 1.03 bits per heavy atom. The van der Waals surface area contributed by atoms with Crippen molar-refractivity contribution < 1.29 is 13.9 Å². The molecule has 0 saturated carbocycles. The number of furan rings is 1. The van der Waals surface area contributed by atoms with Crippen molar-refractivity contribution in [3.05, 3.63) is 71.6 Å². The van der Waals surface area contributed by atoms with Crippen molar-refractivity contribution in [2.45, 2.75) is 13.5 Å². The lowest BCUT2D eigenvalue weighted by atomic mass is 10.3. The highest BCUT2D eigenvalue weighted by molar-refractivity contribution is 7.23. The van der Waals surface area contributed by atoms with Crippen LogP contribution >= 0.6 is 22.7 Å². The Morgan fingerprint density at radius 3 is 2.70 bits per heavy atom. The van der Waals surface area contributed by atoms with Crippen LogP contribution in [0.3, 0.4) is 0 Å². The summed E-state index contributed by atoms with van der Waals surface area (Å²) in [7, 11) is 0. The van der Waals surface area contributed by atoms with Crippen molar-refractivity contribution in [2.24, 2.45) is 0 Å². The first kappa shape index (κ1) is 18.8. The molecule has 150 valence electrons. The maximum absolute atomic E-state index is 13.5. The predicted octanol–water partition coefficient (Wildman–Crippen LogP) is 5.74. The zero-order valence-electron chi connectivity index (χ0n) is 16.1. The van der Waals surface area contributed by atoms with Crippen molar-refractivity contribution in [3.63, 3.8) is 0 Å². The van der Waals surface area contributed by atoms with E-state index in [9.17, 15) is 4.79 Å². The van der Waals surface area contributed by atoms with E-state index in [1.165, 1.54) is 22.7 Å². The first-order valence-electron chi connectivity index (χ1n) is 9.44. The van der Waals surface area contributed by atoms with Crippen LogP contribution in [0.4, 0.5) is 5.13 Å². The number of hydrogen-bond donors (Lipinski definition) is 0. The molecule has 6 nitrogen and oxygen atoms in total. The van der Waals surface area contributed by atoms with Crippen LogP contribution < -0.4 is 9.64 Å². The number of carbonyl (C=O) groups is 1. The fourth-order valence-corrected chi connectivity index (χ4v) is 5.03. The minimum Gasteiger partial charge on any atom is -0.494 e. The molecule has 0 aliphatic rings. The normalized spacial score (nSPS) is 11.2. The largest absolute Gasteiger partial charge is 0.494 e. The summed E-state index contributed by atoms with van der Waals surface area (Å²) in [6.45, 7) is 2.82. The first-order chi connectivity index (χ1) is 14.7. The van der Waals surface area contributed by atoms with Crippen LogP contribution in [0, 0.1) is 0 Å². The second-order valence-electron chi connectivity index (χ2n) is 6.52. The van der Waals surface area contributed by atoms with Gasteiger partial charge in [-0.3, -0.25) is 9.69 Å². The topological polar surface area (TPSA) is 68.5 Å². The van der Waals surface area contributed by atoms with Gasteiger partial charge >= 0.3 is 0 Å². The van der Waals surface area contributed by atoms with Crippen molar-refractivity contribution >= 4 is 54.1 Å². The fourth-order valence-electron chi connectivity index (χ4n) is 3.13. The molecule has 0 fully saturated rings. The summed E-state index contributed by atoms with van der Waals surface area (Å²) in [4.78, 5) is 24.3. The fraction of sp³-hybridized carbons (Fsp3) is 0.136. The van der Waals surface area contributed by atoms with Gasteiger partial charge in [-0.25, -0.2) is 9.97 Å². The molecular weight excluding hydrogens is 418 g/mol. The average Bonchev–Trinajstić information content (AvgIpc) is 3.50. The number of anilines is 1. The van der Waals surface area contributed by atoms with E-state index < -0.39 is 0 Å². The summed E-state index contributed by atoms with van der Waals surface area (Å²) in [5.74, 6) is 1.27. The highest BCUT2D eigenvalue weighted by Gasteiger charge is 2.25. The quantitative estimate of drug-likeness (QED) is 0.340. The van der Waals surface area contributed by atoms with Gasteiger partial charge in [-0.15, -0.1) is 11.3 Å². The molecule has 2 aromatic carbocycles. The van der Waals surface area contributed by atoms with E-state index in [1.54, 1.807) is 11.2 Å². The Kier molecular flexibility index (Phi) is 4.94. The molecule has 0 saturated heterocycles. The van der Waals surface area contributed by atoms with Crippen molar-refractivity contribution in [1.82, 2.24) is 9.97 Å². The average molecular weight is 436 g/mol. The van der Waals surface area contributed by atoms with Gasteiger partial charge in [0.2, 0.25) is 0 Å². The number of carbonyl (C=O) groups excluding carboxylic acids is 1. The molecule has 0 bridgehead atoms. The number of thiazole rings is 2. The van der Waals surface area contributed by atoms with Gasteiger partial charge in [0, 0.05) is 0 Å². The van der Waals surface area contributed by atoms with E-state index in [1.807, 2.05) is 61.5 Å². The van der Waals surface area contributed by atoms with Gasteiger partial charge in [0.05, 0.1) is 39.8 Å². The molecule has 30 heavy (non-hydrogen) atoms. The monoisotopic (exact) mass is 435 g/mol. The molecule has 0 atom stereocenters. The first-order valence-corrected chi connectivity index (χ1v) is 11.1. The van der Waals surface area contributed by atoms with E-state index in [-0.39, 0.29) is 12.5 Å². The second kappa shape index (κ2) is 7.89. The van der Waals surface area contributed by atoms with Crippen LogP contribution in [-0.2, 0) is 6.54 Å². The van der Waals surface area contributed by atoms with Gasteiger partial charge < -0.3 is 9.15 Å². The Morgan fingerprint density at radius 2 is 1.90 bits per heavy atom. The van der Waals surface area contributed by atoms with Crippen LogP contribution in [0.1, 0.15) is 22.5 Å². The van der Waals surface area contributed by atoms with Crippen LogP contribution in [0.2, 0.25) is 0 Å². The highest BCUT2D eigenvalue weighted by Crippen LogP contribution is 2.34. The second-order valence-corrected chi connectivity index (χ2v) is 8.56. The Labute approximate surface area is 180 Å². The maximum Gasteiger partial charge on any atom is 0.289 e. The highest BCUT2D eigenvalue weighted by atomic mass is 32.1. The number of nitrogens with zero attached hydrogens (tertiary/aromatic N) is 3. The summed E-state index contributed by atoms with van der Waals surface area (Å²) in [5, 5.41) is 1.02. The summed E-state index contributed by atoms with van der Waals surface area (Å²) >= 11 is 2.83. The number of hydrogen-bond acceptors (Lipinski definition) is 7. The lowest BCUT2D eigenvalue weighted by Gasteiger charge is -2.17. The maximum atomic E-state index is 13.5.